The largest absolute Gasteiger partial charge is 0.416 e. The SMILES string of the molecule is CC(C)(C)C(=O)N1CCN(C(=O)C2CC2c2ccc(C(F)(F)F)cc2)CC1. The van der Waals surface area contributed by atoms with Crippen LogP contribution in [0.15, 0.2) is 24.3 Å². The number of rotatable bonds is 2. The molecule has 0 N–H and O–H groups in total. The van der Waals surface area contributed by atoms with Gasteiger partial charge in [-0.05, 0) is 30.0 Å². The van der Waals surface area contributed by atoms with E-state index in [2.05, 4.69) is 0 Å². The van der Waals surface area contributed by atoms with Gasteiger partial charge in [-0.15, -0.1) is 0 Å². The quantitative estimate of drug-likeness (QED) is 0.785. The monoisotopic (exact) mass is 382 g/mol. The average Bonchev–Trinajstić information content (AvgIpc) is 3.40. The Morgan fingerprint density at radius 1 is 0.926 bits per heavy atom. The second-order valence-corrected chi connectivity index (χ2v) is 8.44. The summed E-state index contributed by atoms with van der Waals surface area (Å²) in [4.78, 5) is 28.6. The van der Waals surface area contributed by atoms with E-state index < -0.39 is 17.2 Å². The van der Waals surface area contributed by atoms with Crippen LogP contribution in [0.2, 0.25) is 0 Å². The highest BCUT2D eigenvalue weighted by molar-refractivity contribution is 5.84. The zero-order chi connectivity index (χ0) is 20.0. The Morgan fingerprint density at radius 2 is 1.44 bits per heavy atom. The third kappa shape index (κ3) is 4.28. The number of carbonyl (C=O) groups is 2. The molecule has 1 aromatic carbocycles. The molecule has 2 amide bonds. The summed E-state index contributed by atoms with van der Waals surface area (Å²) >= 11 is 0. The van der Waals surface area contributed by atoms with Crippen LogP contribution in [-0.2, 0) is 15.8 Å². The molecule has 7 heteroatoms. The van der Waals surface area contributed by atoms with Gasteiger partial charge in [-0.1, -0.05) is 32.9 Å². The Labute approximate surface area is 157 Å². The Bertz CT molecular complexity index is 714. The fourth-order valence-corrected chi connectivity index (χ4v) is 3.59. The van der Waals surface area contributed by atoms with Crippen molar-refractivity contribution >= 4 is 11.8 Å². The number of carbonyl (C=O) groups excluding carboxylic acids is 2. The summed E-state index contributed by atoms with van der Waals surface area (Å²) in [5.41, 5.74) is -0.326. The van der Waals surface area contributed by atoms with Gasteiger partial charge in [0.1, 0.15) is 0 Å². The van der Waals surface area contributed by atoms with Crippen molar-refractivity contribution in [2.75, 3.05) is 26.2 Å². The second kappa shape index (κ2) is 6.84. The van der Waals surface area contributed by atoms with Gasteiger partial charge in [-0.25, -0.2) is 0 Å². The van der Waals surface area contributed by atoms with Gasteiger partial charge >= 0.3 is 6.18 Å². The molecular formula is C20H25F3N2O2. The Kier molecular flexibility index (Phi) is 4.99. The van der Waals surface area contributed by atoms with Gasteiger partial charge in [0, 0.05) is 37.5 Å². The van der Waals surface area contributed by atoms with E-state index in [1.54, 1.807) is 9.80 Å². The molecule has 0 spiro atoms. The predicted octanol–water partition coefficient (Wildman–Crippen LogP) is 3.53. The highest BCUT2D eigenvalue weighted by Crippen LogP contribution is 2.49. The van der Waals surface area contributed by atoms with E-state index >= 15 is 0 Å². The molecule has 4 nitrogen and oxygen atoms in total. The first kappa shape index (κ1) is 19.7. The first-order valence-electron chi connectivity index (χ1n) is 9.24. The van der Waals surface area contributed by atoms with Gasteiger partial charge in [0.25, 0.3) is 0 Å². The van der Waals surface area contributed by atoms with Gasteiger partial charge in [0.05, 0.1) is 5.56 Å². The molecule has 2 unspecified atom stereocenters. The van der Waals surface area contributed by atoms with Crippen molar-refractivity contribution in [3.63, 3.8) is 0 Å². The van der Waals surface area contributed by atoms with Crippen LogP contribution in [-0.4, -0.2) is 47.8 Å². The highest BCUT2D eigenvalue weighted by atomic mass is 19.4. The van der Waals surface area contributed by atoms with Gasteiger partial charge in [0.2, 0.25) is 11.8 Å². The number of amides is 2. The molecule has 2 aliphatic rings. The molecule has 148 valence electrons. The van der Waals surface area contributed by atoms with Crippen molar-refractivity contribution in [1.29, 1.82) is 0 Å². The van der Waals surface area contributed by atoms with E-state index in [0.717, 1.165) is 17.7 Å². The molecule has 2 fully saturated rings. The van der Waals surface area contributed by atoms with E-state index in [9.17, 15) is 22.8 Å². The molecule has 1 heterocycles. The molecule has 1 aromatic rings. The number of halogens is 3. The first-order valence-corrected chi connectivity index (χ1v) is 9.24. The Hall–Kier alpha value is -2.05. The molecule has 27 heavy (non-hydrogen) atoms. The van der Waals surface area contributed by atoms with Crippen molar-refractivity contribution in [2.24, 2.45) is 11.3 Å². The minimum absolute atomic E-state index is 0.00554. The Morgan fingerprint density at radius 3 is 1.93 bits per heavy atom. The third-order valence-corrected chi connectivity index (χ3v) is 5.29. The molecule has 1 aliphatic carbocycles. The molecule has 3 rings (SSSR count). The lowest BCUT2D eigenvalue weighted by Crippen LogP contribution is -2.53. The highest BCUT2D eigenvalue weighted by Gasteiger charge is 2.46. The van der Waals surface area contributed by atoms with Crippen LogP contribution in [0, 0.1) is 11.3 Å². The summed E-state index contributed by atoms with van der Waals surface area (Å²) in [5.74, 6) is -0.0352. The zero-order valence-electron chi connectivity index (χ0n) is 15.8. The summed E-state index contributed by atoms with van der Waals surface area (Å²) in [6, 6.07) is 5.10. The van der Waals surface area contributed by atoms with Crippen LogP contribution in [0.25, 0.3) is 0 Å². The molecule has 0 bridgehead atoms. The number of nitrogens with zero attached hydrogens (tertiary/aromatic N) is 2. The number of benzene rings is 1. The van der Waals surface area contributed by atoms with E-state index in [1.807, 2.05) is 20.8 Å². The maximum atomic E-state index is 12.7. The number of hydrogen-bond acceptors (Lipinski definition) is 2. The topological polar surface area (TPSA) is 40.6 Å². The average molecular weight is 382 g/mol. The van der Waals surface area contributed by atoms with E-state index in [1.165, 1.54) is 12.1 Å². The minimum Gasteiger partial charge on any atom is -0.339 e. The van der Waals surface area contributed by atoms with Crippen LogP contribution in [0.5, 0.6) is 0 Å². The predicted molar refractivity (Wildman–Crippen MR) is 94.9 cm³/mol. The molecule has 0 aromatic heterocycles. The standard InChI is InChI=1S/C20H25F3N2O2/c1-19(2,3)18(27)25-10-8-24(9-11-25)17(26)16-12-15(16)13-4-6-14(7-5-13)20(21,22)23/h4-7,15-16H,8-12H2,1-3H3. The van der Waals surface area contributed by atoms with Crippen molar-refractivity contribution in [2.45, 2.75) is 39.3 Å². The van der Waals surface area contributed by atoms with Crippen molar-refractivity contribution in [3.05, 3.63) is 35.4 Å². The molecule has 1 saturated heterocycles. The number of piperazine rings is 1. The van der Waals surface area contributed by atoms with Crippen LogP contribution in [0.3, 0.4) is 0 Å². The zero-order valence-corrected chi connectivity index (χ0v) is 15.8. The molecule has 1 saturated carbocycles. The smallest absolute Gasteiger partial charge is 0.339 e. The summed E-state index contributed by atoms with van der Waals surface area (Å²) in [6.45, 7) is 7.72. The minimum atomic E-state index is -4.35. The van der Waals surface area contributed by atoms with Crippen molar-refractivity contribution in [3.8, 4) is 0 Å². The summed E-state index contributed by atoms with van der Waals surface area (Å²) in [7, 11) is 0. The van der Waals surface area contributed by atoms with Crippen LogP contribution in [0.4, 0.5) is 13.2 Å². The summed E-state index contributed by atoms with van der Waals surface area (Å²) in [6.07, 6.45) is -3.67. The van der Waals surface area contributed by atoms with E-state index in [-0.39, 0.29) is 23.7 Å². The molecule has 2 atom stereocenters. The van der Waals surface area contributed by atoms with E-state index in [4.69, 9.17) is 0 Å². The number of hydrogen-bond donors (Lipinski definition) is 0. The fraction of sp³-hybridized carbons (Fsp3) is 0.600. The normalized spacial score (nSPS) is 23.3. The molecule has 1 aliphatic heterocycles. The molecule has 0 radical (unpaired) electrons. The van der Waals surface area contributed by atoms with Gasteiger partial charge < -0.3 is 9.80 Å². The summed E-state index contributed by atoms with van der Waals surface area (Å²) < 4.78 is 38.0. The fourth-order valence-electron chi connectivity index (χ4n) is 3.59. The van der Waals surface area contributed by atoms with Crippen molar-refractivity contribution in [1.82, 2.24) is 9.80 Å². The van der Waals surface area contributed by atoms with Crippen LogP contribution >= 0.6 is 0 Å². The van der Waals surface area contributed by atoms with Crippen LogP contribution < -0.4 is 0 Å². The van der Waals surface area contributed by atoms with Gasteiger partial charge in [0.15, 0.2) is 0 Å². The first-order chi connectivity index (χ1) is 12.5. The van der Waals surface area contributed by atoms with Gasteiger partial charge in [-0.3, -0.25) is 9.59 Å². The maximum absolute atomic E-state index is 12.7. The summed E-state index contributed by atoms with van der Waals surface area (Å²) in [5, 5.41) is 0. The van der Waals surface area contributed by atoms with Gasteiger partial charge in [-0.2, -0.15) is 13.2 Å². The molecular weight excluding hydrogens is 357 g/mol. The lowest BCUT2D eigenvalue weighted by molar-refractivity contribution is -0.145. The van der Waals surface area contributed by atoms with Crippen molar-refractivity contribution < 1.29 is 22.8 Å². The maximum Gasteiger partial charge on any atom is 0.416 e. The lowest BCUT2D eigenvalue weighted by atomic mass is 9.94. The Balaban J connectivity index is 1.54. The third-order valence-electron chi connectivity index (χ3n) is 5.29. The van der Waals surface area contributed by atoms with Crippen LogP contribution in [0.1, 0.15) is 44.2 Å². The number of alkyl halides is 3. The lowest BCUT2D eigenvalue weighted by Gasteiger charge is -2.37. The second-order valence-electron chi connectivity index (χ2n) is 8.44. The van der Waals surface area contributed by atoms with E-state index in [0.29, 0.717) is 32.6 Å².